The highest BCUT2D eigenvalue weighted by Crippen LogP contribution is 2.25. The smallest absolute Gasteiger partial charge is 0.243 e. The highest BCUT2D eigenvalue weighted by Gasteiger charge is 2.24. The summed E-state index contributed by atoms with van der Waals surface area (Å²) in [4.78, 5) is 12.3. The van der Waals surface area contributed by atoms with Gasteiger partial charge >= 0.3 is 0 Å². The third kappa shape index (κ3) is 4.73. The van der Waals surface area contributed by atoms with Crippen molar-refractivity contribution in [1.29, 1.82) is 0 Å². The van der Waals surface area contributed by atoms with Gasteiger partial charge < -0.3 is 5.32 Å². The summed E-state index contributed by atoms with van der Waals surface area (Å²) in [7, 11) is -2.40. The van der Waals surface area contributed by atoms with E-state index in [-0.39, 0.29) is 11.4 Å². The van der Waals surface area contributed by atoms with E-state index in [2.05, 4.69) is 5.32 Å². The summed E-state index contributed by atoms with van der Waals surface area (Å²) in [5.74, 6) is -0.477. The molecule has 0 spiro atoms. The molecule has 2 aromatic rings. The van der Waals surface area contributed by atoms with Gasteiger partial charge in [0, 0.05) is 12.7 Å². The fourth-order valence-corrected chi connectivity index (χ4v) is 3.95. The third-order valence-corrected chi connectivity index (χ3v) is 6.29. The van der Waals surface area contributed by atoms with Crippen molar-refractivity contribution in [3.05, 3.63) is 57.6 Å². The molecule has 0 aliphatic heterocycles. The van der Waals surface area contributed by atoms with Gasteiger partial charge in [0.05, 0.1) is 21.5 Å². The number of benzene rings is 2. The minimum Gasteiger partial charge on any atom is -0.325 e. The molecule has 0 saturated heterocycles. The first-order chi connectivity index (χ1) is 11.6. The van der Waals surface area contributed by atoms with Gasteiger partial charge in [0.25, 0.3) is 0 Å². The zero-order valence-corrected chi connectivity index (χ0v) is 16.3. The molecule has 1 N–H and O–H groups in total. The predicted octanol–water partition coefficient (Wildman–Crippen LogP) is 3.87. The third-order valence-electron chi connectivity index (χ3n) is 3.60. The Morgan fingerprint density at radius 2 is 1.76 bits per heavy atom. The molecule has 0 radical (unpaired) electrons. The molecule has 2 aromatic carbocycles. The Morgan fingerprint density at radius 1 is 1.08 bits per heavy atom. The summed E-state index contributed by atoms with van der Waals surface area (Å²) in [6, 6.07) is 9.82. The van der Waals surface area contributed by atoms with Crippen LogP contribution in [0.15, 0.2) is 41.3 Å². The highest BCUT2D eigenvalue weighted by molar-refractivity contribution is 7.89. The largest absolute Gasteiger partial charge is 0.325 e. The van der Waals surface area contributed by atoms with Gasteiger partial charge in [0.15, 0.2) is 0 Å². The molecule has 0 aromatic heterocycles. The van der Waals surface area contributed by atoms with Crippen LogP contribution >= 0.6 is 23.2 Å². The van der Waals surface area contributed by atoms with E-state index in [4.69, 9.17) is 23.2 Å². The van der Waals surface area contributed by atoms with Crippen LogP contribution in [0.4, 0.5) is 5.69 Å². The number of halogens is 2. The van der Waals surface area contributed by atoms with Crippen LogP contribution in [0.2, 0.25) is 10.0 Å². The molecule has 0 atom stereocenters. The summed E-state index contributed by atoms with van der Waals surface area (Å²) < 4.78 is 26.4. The molecule has 0 saturated carbocycles. The van der Waals surface area contributed by atoms with Crippen molar-refractivity contribution in [2.24, 2.45) is 0 Å². The number of likely N-dealkylation sites (N-methyl/N-ethyl adjacent to an activating group) is 1. The molecule has 1 amide bonds. The van der Waals surface area contributed by atoms with Gasteiger partial charge in [-0.25, -0.2) is 8.42 Å². The van der Waals surface area contributed by atoms with Crippen molar-refractivity contribution in [3.63, 3.8) is 0 Å². The SMILES string of the molecule is Cc1ccc(C)c(S(=O)(=O)N(C)CC(=O)Nc2ccc(Cl)c(Cl)c2)c1. The van der Waals surface area contributed by atoms with Crippen LogP contribution in [-0.2, 0) is 14.8 Å². The second kappa shape index (κ2) is 7.74. The number of amides is 1. The quantitative estimate of drug-likeness (QED) is 0.827. The van der Waals surface area contributed by atoms with Gasteiger partial charge in [-0.2, -0.15) is 4.31 Å². The first-order valence-corrected chi connectivity index (χ1v) is 9.59. The first kappa shape index (κ1) is 19.7. The molecule has 25 heavy (non-hydrogen) atoms. The van der Waals surface area contributed by atoms with Gasteiger partial charge in [-0.1, -0.05) is 35.3 Å². The lowest BCUT2D eigenvalue weighted by Gasteiger charge is -2.18. The number of rotatable bonds is 5. The lowest BCUT2D eigenvalue weighted by molar-refractivity contribution is -0.116. The Kier molecular flexibility index (Phi) is 6.11. The zero-order valence-electron chi connectivity index (χ0n) is 14.0. The highest BCUT2D eigenvalue weighted by atomic mass is 35.5. The van der Waals surface area contributed by atoms with E-state index in [1.807, 2.05) is 13.0 Å². The summed E-state index contributed by atoms with van der Waals surface area (Å²) in [6.07, 6.45) is 0. The Hall–Kier alpha value is -1.60. The van der Waals surface area contributed by atoms with Crippen LogP contribution in [0.3, 0.4) is 0 Å². The van der Waals surface area contributed by atoms with Crippen LogP contribution in [0.25, 0.3) is 0 Å². The fraction of sp³-hybridized carbons (Fsp3) is 0.235. The number of sulfonamides is 1. The minimum absolute atomic E-state index is 0.192. The monoisotopic (exact) mass is 400 g/mol. The molecule has 0 heterocycles. The topological polar surface area (TPSA) is 66.5 Å². The average Bonchev–Trinajstić information content (AvgIpc) is 2.53. The predicted molar refractivity (Wildman–Crippen MR) is 101 cm³/mol. The van der Waals surface area contributed by atoms with E-state index in [0.29, 0.717) is 21.3 Å². The molecule has 2 rings (SSSR count). The van der Waals surface area contributed by atoms with E-state index in [9.17, 15) is 13.2 Å². The summed E-state index contributed by atoms with van der Waals surface area (Å²) in [5.41, 5.74) is 1.90. The van der Waals surface area contributed by atoms with Crippen molar-refractivity contribution >= 4 is 44.8 Å². The lowest BCUT2D eigenvalue weighted by Crippen LogP contribution is -2.35. The molecule has 0 bridgehead atoms. The van der Waals surface area contributed by atoms with Crippen molar-refractivity contribution in [2.45, 2.75) is 18.7 Å². The van der Waals surface area contributed by atoms with Gasteiger partial charge in [0.1, 0.15) is 0 Å². The van der Waals surface area contributed by atoms with Crippen LogP contribution in [0.5, 0.6) is 0 Å². The van der Waals surface area contributed by atoms with E-state index in [0.717, 1.165) is 9.87 Å². The Balaban J connectivity index is 2.14. The number of hydrogen-bond donors (Lipinski definition) is 1. The van der Waals surface area contributed by atoms with Gasteiger partial charge in [-0.3, -0.25) is 4.79 Å². The molecule has 0 fully saturated rings. The lowest BCUT2D eigenvalue weighted by atomic mass is 10.2. The van der Waals surface area contributed by atoms with Crippen molar-refractivity contribution in [2.75, 3.05) is 18.9 Å². The zero-order chi connectivity index (χ0) is 18.8. The molecule has 134 valence electrons. The van der Waals surface area contributed by atoms with Crippen LogP contribution in [0.1, 0.15) is 11.1 Å². The van der Waals surface area contributed by atoms with Crippen LogP contribution in [-0.4, -0.2) is 32.2 Å². The summed E-state index contributed by atoms with van der Waals surface area (Å²) >= 11 is 11.7. The molecule has 8 heteroatoms. The standard InChI is InChI=1S/C17H18Cl2N2O3S/c1-11-4-5-12(2)16(8-11)25(23,24)21(3)10-17(22)20-13-6-7-14(18)15(19)9-13/h4-9H,10H2,1-3H3,(H,20,22). The van der Waals surface area contributed by atoms with Crippen LogP contribution in [0, 0.1) is 13.8 Å². The van der Waals surface area contributed by atoms with Crippen molar-refractivity contribution < 1.29 is 13.2 Å². The first-order valence-electron chi connectivity index (χ1n) is 7.40. The number of hydrogen-bond acceptors (Lipinski definition) is 3. The molecule has 5 nitrogen and oxygen atoms in total. The van der Waals surface area contributed by atoms with Crippen LogP contribution < -0.4 is 5.32 Å². The van der Waals surface area contributed by atoms with Gasteiger partial charge in [-0.05, 0) is 49.2 Å². The normalized spacial score (nSPS) is 11.6. The average molecular weight is 401 g/mol. The maximum Gasteiger partial charge on any atom is 0.243 e. The summed E-state index contributed by atoms with van der Waals surface area (Å²) in [6.45, 7) is 3.21. The van der Waals surface area contributed by atoms with Crippen molar-refractivity contribution in [3.8, 4) is 0 Å². The number of carbonyl (C=O) groups is 1. The molecule has 0 unspecified atom stereocenters. The molecule has 0 aliphatic carbocycles. The second-order valence-corrected chi connectivity index (χ2v) is 8.53. The van der Waals surface area contributed by atoms with Gasteiger partial charge in [0.2, 0.25) is 15.9 Å². The van der Waals surface area contributed by atoms with E-state index in [1.54, 1.807) is 31.2 Å². The number of anilines is 1. The van der Waals surface area contributed by atoms with E-state index < -0.39 is 15.9 Å². The molecule has 0 aliphatic rings. The van der Waals surface area contributed by atoms with Gasteiger partial charge in [-0.15, -0.1) is 0 Å². The molecular weight excluding hydrogens is 383 g/mol. The number of nitrogens with one attached hydrogen (secondary N) is 1. The van der Waals surface area contributed by atoms with Crippen molar-refractivity contribution in [1.82, 2.24) is 4.31 Å². The number of aryl methyl sites for hydroxylation is 2. The molecular formula is C17H18Cl2N2O3S. The summed E-state index contributed by atoms with van der Waals surface area (Å²) in [5, 5.41) is 3.27. The number of carbonyl (C=O) groups excluding carboxylic acids is 1. The Bertz CT molecular complexity index is 914. The van der Waals surface area contributed by atoms with E-state index >= 15 is 0 Å². The van der Waals surface area contributed by atoms with E-state index in [1.165, 1.54) is 13.1 Å². The minimum atomic E-state index is -3.77. The fourth-order valence-electron chi connectivity index (χ4n) is 2.21. The second-order valence-electron chi connectivity index (χ2n) is 5.71. The maximum atomic E-state index is 12.7. The number of nitrogens with zero attached hydrogens (tertiary/aromatic N) is 1. The maximum absolute atomic E-state index is 12.7. The Labute approximate surface area is 157 Å². The Morgan fingerprint density at radius 3 is 2.40 bits per heavy atom.